The van der Waals surface area contributed by atoms with Crippen molar-refractivity contribution in [2.75, 3.05) is 24.9 Å². The zero-order valence-corrected chi connectivity index (χ0v) is 8.28. The fourth-order valence-electron chi connectivity index (χ4n) is 0.817. The summed E-state index contributed by atoms with van der Waals surface area (Å²) in [6, 6.07) is 0. The first-order valence-electron chi connectivity index (χ1n) is 3.67. The Morgan fingerprint density at radius 2 is 2.46 bits per heavy atom. The summed E-state index contributed by atoms with van der Waals surface area (Å²) in [5, 5.41) is 11.0. The van der Waals surface area contributed by atoms with Gasteiger partial charge in [0, 0.05) is 26.5 Å². The molecular weight excluding hydrogens is 190 g/mol. The molecule has 0 radical (unpaired) electrons. The van der Waals surface area contributed by atoms with Gasteiger partial charge in [-0.25, -0.2) is 9.66 Å². The SMILES string of the molecule is CN(C)n1ccnc1SCC(=O)O. The number of nitrogens with zero attached hydrogens (tertiary/aromatic N) is 3. The fourth-order valence-corrected chi connectivity index (χ4v) is 1.56. The number of thioether (sulfide) groups is 1. The van der Waals surface area contributed by atoms with E-state index in [1.54, 1.807) is 17.1 Å². The Morgan fingerprint density at radius 1 is 1.77 bits per heavy atom. The minimum absolute atomic E-state index is 0.0326. The number of hydrogen-bond donors (Lipinski definition) is 1. The van der Waals surface area contributed by atoms with Crippen LogP contribution in [0.5, 0.6) is 0 Å². The van der Waals surface area contributed by atoms with Gasteiger partial charge >= 0.3 is 5.97 Å². The molecule has 1 aromatic rings. The molecule has 6 heteroatoms. The molecule has 0 fully saturated rings. The zero-order chi connectivity index (χ0) is 9.84. The Kier molecular flexibility index (Phi) is 3.18. The maximum absolute atomic E-state index is 10.3. The average Bonchev–Trinajstić information content (AvgIpc) is 2.47. The number of aromatic nitrogens is 2. The summed E-state index contributed by atoms with van der Waals surface area (Å²) in [7, 11) is 3.74. The molecule has 1 rings (SSSR count). The first-order valence-corrected chi connectivity index (χ1v) is 4.65. The lowest BCUT2D eigenvalue weighted by atomic mass is 10.8. The van der Waals surface area contributed by atoms with E-state index in [-0.39, 0.29) is 5.75 Å². The topological polar surface area (TPSA) is 58.4 Å². The monoisotopic (exact) mass is 201 g/mol. The molecule has 0 aromatic carbocycles. The van der Waals surface area contributed by atoms with Gasteiger partial charge in [-0.05, 0) is 0 Å². The van der Waals surface area contributed by atoms with E-state index in [1.165, 1.54) is 11.8 Å². The van der Waals surface area contributed by atoms with Crippen LogP contribution in [0.4, 0.5) is 0 Å². The van der Waals surface area contributed by atoms with Crippen molar-refractivity contribution in [3.63, 3.8) is 0 Å². The van der Waals surface area contributed by atoms with E-state index in [1.807, 2.05) is 19.1 Å². The van der Waals surface area contributed by atoms with Gasteiger partial charge in [0.2, 0.25) is 0 Å². The first-order chi connectivity index (χ1) is 6.11. The van der Waals surface area contributed by atoms with Gasteiger partial charge in [-0.1, -0.05) is 11.8 Å². The van der Waals surface area contributed by atoms with Crippen LogP contribution in [0.25, 0.3) is 0 Å². The summed E-state index contributed by atoms with van der Waals surface area (Å²) in [4.78, 5) is 14.3. The normalized spacial score (nSPS) is 10.0. The number of hydrogen-bond acceptors (Lipinski definition) is 4. The molecule has 0 amide bonds. The molecule has 0 atom stereocenters. The molecule has 5 nitrogen and oxygen atoms in total. The van der Waals surface area contributed by atoms with Crippen molar-refractivity contribution >= 4 is 17.7 Å². The smallest absolute Gasteiger partial charge is 0.313 e. The van der Waals surface area contributed by atoms with Crippen molar-refractivity contribution in [1.29, 1.82) is 0 Å². The van der Waals surface area contributed by atoms with Crippen LogP contribution in [0.15, 0.2) is 17.6 Å². The van der Waals surface area contributed by atoms with Crippen LogP contribution in [0.2, 0.25) is 0 Å². The molecule has 13 heavy (non-hydrogen) atoms. The van der Waals surface area contributed by atoms with Gasteiger partial charge in [-0.15, -0.1) is 0 Å². The Morgan fingerprint density at radius 3 is 3.00 bits per heavy atom. The van der Waals surface area contributed by atoms with Gasteiger partial charge < -0.3 is 10.1 Å². The molecule has 1 N–H and O–H groups in total. The molecule has 0 saturated heterocycles. The number of rotatable bonds is 4. The summed E-state index contributed by atoms with van der Waals surface area (Å²) in [6.07, 6.45) is 3.42. The third-order valence-corrected chi connectivity index (χ3v) is 2.29. The van der Waals surface area contributed by atoms with E-state index >= 15 is 0 Å². The van der Waals surface area contributed by atoms with Gasteiger partial charge in [-0.2, -0.15) is 0 Å². The number of carbonyl (C=O) groups is 1. The molecule has 0 unspecified atom stereocenters. The van der Waals surface area contributed by atoms with Crippen molar-refractivity contribution < 1.29 is 9.90 Å². The molecule has 0 aliphatic rings. The molecule has 0 saturated carbocycles. The predicted octanol–water partition coefficient (Wildman–Crippen LogP) is 0.257. The summed E-state index contributed by atoms with van der Waals surface area (Å²) >= 11 is 1.20. The first kappa shape index (κ1) is 9.91. The number of carboxylic acid groups (broad SMARTS) is 1. The standard InChI is InChI=1S/C7H11N3O2S/c1-9(2)10-4-3-8-7(10)13-5-6(11)12/h3-4H,5H2,1-2H3,(H,11,12). The number of carboxylic acids is 1. The van der Waals surface area contributed by atoms with E-state index in [0.717, 1.165) is 0 Å². The second-order valence-corrected chi connectivity index (χ2v) is 3.53. The lowest BCUT2D eigenvalue weighted by molar-refractivity contribution is -0.133. The van der Waals surface area contributed by atoms with Crippen LogP contribution >= 0.6 is 11.8 Å². The van der Waals surface area contributed by atoms with Crippen molar-refractivity contribution in [3.05, 3.63) is 12.4 Å². The van der Waals surface area contributed by atoms with E-state index < -0.39 is 5.97 Å². The van der Waals surface area contributed by atoms with E-state index in [2.05, 4.69) is 4.98 Å². The van der Waals surface area contributed by atoms with Crippen molar-refractivity contribution in [2.24, 2.45) is 0 Å². The molecule has 0 aliphatic carbocycles. The Bertz CT molecular complexity index is 298. The van der Waals surface area contributed by atoms with Gasteiger partial charge in [0.25, 0.3) is 0 Å². The van der Waals surface area contributed by atoms with Crippen LogP contribution in [0, 0.1) is 0 Å². The second kappa shape index (κ2) is 4.18. The molecule has 1 aromatic heterocycles. The van der Waals surface area contributed by atoms with Crippen LogP contribution in [-0.4, -0.2) is 40.6 Å². The van der Waals surface area contributed by atoms with Crippen LogP contribution in [0.1, 0.15) is 0 Å². The van der Waals surface area contributed by atoms with Gasteiger partial charge in [0.05, 0.1) is 5.75 Å². The summed E-state index contributed by atoms with van der Waals surface area (Å²) < 4.78 is 1.79. The molecule has 1 heterocycles. The zero-order valence-electron chi connectivity index (χ0n) is 7.47. The Hall–Kier alpha value is -1.17. The molecule has 0 bridgehead atoms. The van der Waals surface area contributed by atoms with E-state index in [0.29, 0.717) is 5.16 Å². The third kappa shape index (κ3) is 2.66. The Labute approximate surface area is 80.3 Å². The van der Waals surface area contributed by atoms with E-state index in [4.69, 9.17) is 5.11 Å². The van der Waals surface area contributed by atoms with E-state index in [9.17, 15) is 4.79 Å². The highest BCUT2D eigenvalue weighted by atomic mass is 32.2. The third-order valence-electron chi connectivity index (χ3n) is 1.34. The van der Waals surface area contributed by atoms with Crippen LogP contribution in [-0.2, 0) is 4.79 Å². The number of aliphatic carboxylic acids is 1. The highest BCUT2D eigenvalue weighted by Crippen LogP contribution is 2.14. The number of imidazole rings is 1. The molecule has 72 valence electrons. The molecule has 0 aliphatic heterocycles. The van der Waals surface area contributed by atoms with Crippen LogP contribution < -0.4 is 5.01 Å². The maximum atomic E-state index is 10.3. The minimum Gasteiger partial charge on any atom is -0.481 e. The van der Waals surface area contributed by atoms with Gasteiger partial charge in [-0.3, -0.25) is 4.79 Å². The van der Waals surface area contributed by atoms with Crippen molar-refractivity contribution in [2.45, 2.75) is 5.16 Å². The summed E-state index contributed by atoms with van der Waals surface area (Å²) in [6.45, 7) is 0. The summed E-state index contributed by atoms with van der Waals surface area (Å²) in [5.74, 6) is -0.802. The molecule has 0 spiro atoms. The van der Waals surface area contributed by atoms with Gasteiger partial charge in [0.1, 0.15) is 0 Å². The quantitative estimate of drug-likeness (QED) is 0.708. The maximum Gasteiger partial charge on any atom is 0.313 e. The Balaban J connectivity index is 2.65. The highest BCUT2D eigenvalue weighted by molar-refractivity contribution is 7.99. The fraction of sp³-hybridized carbons (Fsp3) is 0.429. The molecular formula is C7H11N3O2S. The average molecular weight is 201 g/mol. The lowest BCUT2D eigenvalue weighted by Crippen LogP contribution is -2.24. The largest absolute Gasteiger partial charge is 0.481 e. The summed E-state index contributed by atoms with van der Waals surface area (Å²) in [5.41, 5.74) is 0. The van der Waals surface area contributed by atoms with Crippen molar-refractivity contribution in [1.82, 2.24) is 9.66 Å². The highest BCUT2D eigenvalue weighted by Gasteiger charge is 2.06. The second-order valence-electron chi connectivity index (χ2n) is 2.58. The lowest BCUT2D eigenvalue weighted by Gasteiger charge is -2.15. The van der Waals surface area contributed by atoms with Crippen molar-refractivity contribution in [3.8, 4) is 0 Å². The predicted molar refractivity (Wildman–Crippen MR) is 50.7 cm³/mol. The van der Waals surface area contributed by atoms with Gasteiger partial charge in [0.15, 0.2) is 5.16 Å². The minimum atomic E-state index is -0.835. The van der Waals surface area contributed by atoms with Crippen LogP contribution in [0.3, 0.4) is 0 Å².